The maximum Gasteiger partial charge on any atom is 0.252 e. The summed E-state index contributed by atoms with van der Waals surface area (Å²) in [7, 11) is -3.34. The first-order valence-electron chi connectivity index (χ1n) is 9.94. The number of nitrogens with zero attached hydrogens (tertiary/aromatic N) is 3. The number of likely N-dealkylation sites (tertiary alicyclic amines) is 1. The highest BCUT2D eigenvalue weighted by atomic mass is 32.2. The van der Waals surface area contributed by atoms with Crippen LogP contribution in [-0.2, 0) is 16.6 Å². The van der Waals surface area contributed by atoms with Gasteiger partial charge in [0.1, 0.15) is 4.21 Å². The molecule has 3 rings (SSSR count). The van der Waals surface area contributed by atoms with Crippen molar-refractivity contribution in [2.45, 2.75) is 57.2 Å². The van der Waals surface area contributed by atoms with E-state index in [4.69, 9.17) is 4.99 Å². The summed E-state index contributed by atoms with van der Waals surface area (Å²) in [4.78, 5) is 8.07. The summed E-state index contributed by atoms with van der Waals surface area (Å²) in [5.41, 5.74) is 0.314. The molecule has 2 aliphatic heterocycles. The Morgan fingerprint density at radius 1 is 1.22 bits per heavy atom. The summed E-state index contributed by atoms with van der Waals surface area (Å²) in [5, 5.41) is 3.38. The molecular formula is C19H32N4O2S2. The van der Waals surface area contributed by atoms with Crippen LogP contribution in [0.4, 0.5) is 0 Å². The van der Waals surface area contributed by atoms with Gasteiger partial charge < -0.3 is 10.2 Å². The van der Waals surface area contributed by atoms with Gasteiger partial charge in [-0.3, -0.25) is 0 Å². The van der Waals surface area contributed by atoms with Crippen molar-refractivity contribution in [3.05, 3.63) is 17.0 Å². The number of hydrogen-bond donors (Lipinski definition) is 1. The Labute approximate surface area is 167 Å². The maximum atomic E-state index is 12.8. The average Bonchev–Trinajstić information content (AvgIpc) is 3.26. The lowest BCUT2D eigenvalue weighted by molar-refractivity contribution is 0.347. The summed E-state index contributed by atoms with van der Waals surface area (Å²) < 4.78 is 27.7. The monoisotopic (exact) mass is 412 g/mol. The van der Waals surface area contributed by atoms with Crippen molar-refractivity contribution in [3.8, 4) is 0 Å². The lowest BCUT2D eigenvalue weighted by atomic mass is 9.93. The Morgan fingerprint density at radius 2 is 1.96 bits per heavy atom. The minimum atomic E-state index is -3.34. The average molecular weight is 413 g/mol. The number of hydrogen-bond acceptors (Lipinski definition) is 4. The summed E-state index contributed by atoms with van der Waals surface area (Å²) in [6.07, 6.45) is 4.20. The van der Waals surface area contributed by atoms with E-state index < -0.39 is 10.0 Å². The van der Waals surface area contributed by atoms with E-state index in [0.717, 1.165) is 56.2 Å². The third-order valence-corrected chi connectivity index (χ3v) is 8.68. The molecular weight excluding hydrogens is 380 g/mol. The summed E-state index contributed by atoms with van der Waals surface area (Å²) >= 11 is 1.35. The second-order valence-corrected chi connectivity index (χ2v) is 11.5. The van der Waals surface area contributed by atoms with E-state index in [0.29, 0.717) is 29.3 Å². The normalized spacial score (nSPS) is 21.6. The fourth-order valence-electron chi connectivity index (χ4n) is 3.69. The molecule has 1 aromatic rings. The quantitative estimate of drug-likeness (QED) is 0.596. The van der Waals surface area contributed by atoms with Gasteiger partial charge >= 0.3 is 0 Å². The van der Waals surface area contributed by atoms with Crippen LogP contribution in [0.3, 0.4) is 0 Å². The molecule has 0 spiro atoms. The van der Waals surface area contributed by atoms with Crippen LogP contribution in [0.1, 0.15) is 51.3 Å². The first-order chi connectivity index (χ1) is 12.8. The van der Waals surface area contributed by atoms with E-state index in [1.807, 2.05) is 6.07 Å². The van der Waals surface area contributed by atoms with Gasteiger partial charge in [-0.25, -0.2) is 13.4 Å². The Morgan fingerprint density at radius 3 is 2.59 bits per heavy atom. The standard InChI is InChI=1S/C19H32N4O2S2/c1-4-20-18(22-13-10-19(2,3)15-22)21-14-16-8-9-17(26-16)27(24,25)23-11-6-5-7-12-23/h8-9H,4-7,10-15H2,1-3H3,(H,20,21). The number of guanidine groups is 1. The highest BCUT2D eigenvalue weighted by Gasteiger charge is 2.31. The van der Waals surface area contributed by atoms with E-state index in [2.05, 4.69) is 31.0 Å². The first kappa shape index (κ1) is 20.6. The highest BCUT2D eigenvalue weighted by Crippen LogP contribution is 2.30. The van der Waals surface area contributed by atoms with Gasteiger partial charge in [0, 0.05) is 37.6 Å². The van der Waals surface area contributed by atoms with Crippen molar-refractivity contribution in [1.82, 2.24) is 14.5 Å². The van der Waals surface area contributed by atoms with Crippen molar-refractivity contribution in [3.63, 3.8) is 0 Å². The van der Waals surface area contributed by atoms with Gasteiger partial charge in [0.25, 0.3) is 10.0 Å². The Balaban J connectivity index is 1.69. The number of rotatable bonds is 5. The molecule has 3 heterocycles. The lowest BCUT2D eigenvalue weighted by Crippen LogP contribution is -2.40. The first-order valence-corrected chi connectivity index (χ1v) is 12.2. The van der Waals surface area contributed by atoms with E-state index in [-0.39, 0.29) is 0 Å². The molecule has 0 radical (unpaired) electrons. The van der Waals surface area contributed by atoms with Crippen LogP contribution in [0, 0.1) is 5.41 Å². The third kappa shape index (κ3) is 5.03. The number of piperidine rings is 1. The van der Waals surface area contributed by atoms with Crippen LogP contribution in [-0.4, -0.2) is 56.3 Å². The van der Waals surface area contributed by atoms with Crippen LogP contribution in [0.25, 0.3) is 0 Å². The molecule has 0 aromatic carbocycles. The van der Waals surface area contributed by atoms with Gasteiger partial charge in [0.05, 0.1) is 6.54 Å². The smallest absolute Gasteiger partial charge is 0.252 e. The highest BCUT2D eigenvalue weighted by molar-refractivity contribution is 7.91. The largest absolute Gasteiger partial charge is 0.357 e. The van der Waals surface area contributed by atoms with Gasteiger partial charge in [0.15, 0.2) is 5.96 Å². The number of thiophene rings is 1. The zero-order chi connectivity index (χ0) is 19.5. The molecule has 2 saturated heterocycles. The van der Waals surface area contributed by atoms with Crippen molar-refractivity contribution in [2.75, 3.05) is 32.7 Å². The minimum absolute atomic E-state index is 0.314. The Kier molecular flexibility index (Phi) is 6.48. The van der Waals surface area contributed by atoms with Crippen molar-refractivity contribution >= 4 is 27.3 Å². The molecule has 152 valence electrons. The molecule has 0 saturated carbocycles. The van der Waals surface area contributed by atoms with Crippen molar-refractivity contribution in [1.29, 1.82) is 0 Å². The van der Waals surface area contributed by atoms with Gasteiger partial charge in [-0.2, -0.15) is 4.31 Å². The molecule has 1 aromatic heterocycles. The van der Waals surface area contributed by atoms with Crippen molar-refractivity contribution in [2.24, 2.45) is 10.4 Å². The zero-order valence-electron chi connectivity index (χ0n) is 16.7. The van der Waals surface area contributed by atoms with Crippen LogP contribution >= 0.6 is 11.3 Å². The summed E-state index contributed by atoms with van der Waals surface area (Å²) in [5.74, 6) is 0.928. The summed E-state index contributed by atoms with van der Waals surface area (Å²) in [6.45, 7) is 11.3. The van der Waals surface area contributed by atoms with E-state index >= 15 is 0 Å². The minimum Gasteiger partial charge on any atom is -0.357 e. The van der Waals surface area contributed by atoms with Gasteiger partial charge in [0.2, 0.25) is 0 Å². The maximum absolute atomic E-state index is 12.8. The fraction of sp³-hybridized carbons (Fsp3) is 0.737. The van der Waals surface area contributed by atoms with E-state index in [9.17, 15) is 8.42 Å². The van der Waals surface area contributed by atoms with E-state index in [1.54, 1.807) is 10.4 Å². The van der Waals surface area contributed by atoms with E-state index in [1.165, 1.54) is 11.3 Å². The lowest BCUT2D eigenvalue weighted by Gasteiger charge is -2.25. The number of aliphatic imine (C=N–C) groups is 1. The predicted molar refractivity (Wildman–Crippen MR) is 112 cm³/mol. The van der Waals surface area contributed by atoms with Crippen LogP contribution in [0.2, 0.25) is 0 Å². The molecule has 0 amide bonds. The topological polar surface area (TPSA) is 65.0 Å². The molecule has 2 aliphatic rings. The third-order valence-electron chi connectivity index (χ3n) is 5.24. The molecule has 0 unspecified atom stereocenters. The zero-order valence-corrected chi connectivity index (χ0v) is 18.3. The molecule has 6 nitrogen and oxygen atoms in total. The Hall–Kier alpha value is -1.12. The predicted octanol–water partition coefficient (Wildman–Crippen LogP) is 3.12. The summed E-state index contributed by atoms with van der Waals surface area (Å²) in [6, 6.07) is 3.65. The van der Waals surface area contributed by atoms with Crippen LogP contribution in [0.5, 0.6) is 0 Å². The molecule has 1 N–H and O–H groups in total. The number of nitrogens with one attached hydrogen (secondary N) is 1. The number of sulfonamides is 1. The second-order valence-electron chi connectivity index (χ2n) is 8.19. The molecule has 27 heavy (non-hydrogen) atoms. The van der Waals surface area contributed by atoms with Crippen molar-refractivity contribution < 1.29 is 8.42 Å². The van der Waals surface area contributed by atoms with Gasteiger partial charge in [-0.1, -0.05) is 20.3 Å². The van der Waals surface area contributed by atoms with Gasteiger partial charge in [-0.05, 0) is 43.7 Å². The Bertz CT molecular complexity index is 764. The fourth-order valence-corrected chi connectivity index (χ4v) is 6.64. The van der Waals surface area contributed by atoms with Gasteiger partial charge in [-0.15, -0.1) is 11.3 Å². The molecule has 2 fully saturated rings. The SMILES string of the molecule is CCNC(=NCc1ccc(S(=O)(=O)N2CCCCC2)s1)N1CCC(C)(C)C1. The molecule has 0 aliphatic carbocycles. The van der Waals surface area contributed by atoms with Crippen LogP contribution < -0.4 is 5.32 Å². The molecule has 0 bridgehead atoms. The molecule has 0 atom stereocenters. The van der Waals surface area contributed by atoms with Crippen LogP contribution in [0.15, 0.2) is 21.3 Å². The molecule has 8 heteroatoms. The second kappa shape index (κ2) is 8.49.